The molecule has 0 aromatic heterocycles. The number of esters is 1. The topological polar surface area (TPSA) is 26.3 Å². The Hall–Kier alpha value is -1.48. The van der Waals surface area contributed by atoms with E-state index in [-0.39, 0.29) is 5.97 Å². The van der Waals surface area contributed by atoms with Crippen molar-refractivity contribution < 1.29 is 9.53 Å². The van der Waals surface area contributed by atoms with Crippen molar-refractivity contribution in [1.29, 1.82) is 0 Å². The fourth-order valence-electron chi connectivity index (χ4n) is 1.51. The van der Waals surface area contributed by atoms with Gasteiger partial charge in [-0.2, -0.15) is 0 Å². The summed E-state index contributed by atoms with van der Waals surface area (Å²) in [4.78, 5) is 13.8. The van der Waals surface area contributed by atoms with Crippen LogP contribution in [0.1, 0.15) is 26.2 Å². The number of hydrogen-bond acceptors (Lipinski definition) is 3. The molecule has 0 spiro atoms. The molecule has 1 rings (SSSR count). The van der Waals surface area contributed by atoms with Gasteiger partial charge in [0, 0.05) is 4.90 Å². The second-order valence-electron chi connectivity index (χ2n) is 3.91. The van der Waals surface area contributed by atoms with Gasteiger partial charge in [0.25, 0.3) is 0 Å². The number of carbonyl (C=O) groups is 1. The standard InChI is InChI=1S/C16H20O2S/c1-3-5-9-15(12-13-16(17)18-4-2)19-14-10-7-6-8-11-14/h3,6-11H,1,4-5,12-13H2,2H3/b15-9-. The third-order valence-corrected chi connectivity index (χ3v) is 3.53. The summed E-state index contributed by atoms with van der Waals surface area (Å²) in [6.07, 6.45) is 5.93. The number of hydrogen-bond donors (Lipinski definition) is 0. The monoisotopic (exact) mass is 276 g/mol. The number of allylic oxidation sites excluding steroid dienone is 3. The number of benzene rings is 1. The van der Waals surface area contributed by atoms with Crippen LogP contribution in [0.3, 0.4) is 0 Å². The lowest BCUT2D eigenvalue weighted by atomic mass is 10.2. The van der Waals surface area contributed by atoms with Crippen molar-refractivity contribution in [2.24, 2.45) is 0 Å². The normalized spacial score (nSPS) is 11.1. The first kappa shape index (κ1) is 15.6. The molecule has 1 aromatic carbocycles. The van der Waals surface area contributed by atoms with Crippen LogP contribution in [0.25, 0.3) is 0 Å². The number of ether oxygens (including phenoxy) is 1. The summed E-state index contributed by atoms with van der Waals surface area (Å²) >= 11 is 1.69. The molecule has 0 N–H and O–H groups in total. The second kappa shape index (κ2) is 9.45. The summed E-state index contributed by atoms with van der Waals surface area (Å²) in [6, 6.07) is 10.2. The Morgan fingerprint density at radius 3 is 2.68 bits per heavy atom. The van der Waals surface area contributed by atoms with Crippen LogP contribution in [0.15, 0.2) is 58.9 Å². The van der Waals surface area contributed by atoms with Crippen molar-refractivity contribution in [3.05, 3.63) is 54.0 Å². The quantitative estimate of drug-likeness (QED) is 0.395. The number of carbonyl (C=O) groups excluding carboxylic acids is 1. The summed E-state index contributed by atoms with van der Waals surface area (Å²) in [7, 11) is 0. The van der Waals surface area contributed by atoms with Crippen molar-refractivity contribution in [1.82, 2.24) is 0 Å². The molecule has 0 bridgehead atoms. The van der Waals surface area contributed by atoms with Crippen LogP contribution < -0.4 is 0 Å². The Balaban J connectivity index is 2.57. The maximum atomic E-state index is 11.4. The van der Waals surface area contributed by atoms with Gasteiger partial charge in [-0.1, -0.05) is 42.1 Å². The summed E-state index contributed by atoms with van der Waals surface area (Å²) in [6.45, 7) is 5.98. The molecule has 0 aliphatic rings. The molecule has 0 heterocycles. The molecule has 0 fully saturated rings. The fraction of sp³-hybridized carbons (Fsp3) is 0.312. The first-order valence-electron chi connectivity index (χ1n) is 6.44. The molecule has 19 heavy (non-hydrogen) atoms. The molecule has 0 aliphatic heterocycles. The van der Waals surface area contributed by atoms with Gasteiger partial charge in [-0.3, -0.25) is 4.79 Å². The number of rotatable bonds is 8. The minimum Gasteiger partial charge on any atom is -0.466 e. The zero-order chi connectivity index (χ0) is 13.9. The van der Waals surface area contributed by atoms with Gasteiger partial charge < -0.3 is 4.74 Å². The van der Waals surface area contributed by atoms with Gasteiger partial charge in [-0.25, -0.2) is 0 Å². The minimum absolute atomic E-state index is 0.138. The van der Waals surface area contributed by atoms with Crippen LogP contribution in [-0.2, 0) is 9.53 Å². The second-order valence-corrected chi connectivity index (χ2v) is 5.11. The predicted octanol–water partition coefficient (Wildman–Crippen LogP) is 4.58. The van der Waals surface area contributed by atoms with Gasteiger partial charge in [0.05, 0.1) is 13.0 Å². The van der Waals surface area contributed by atoms with E-state index in [4.69, 9.17) is 4.74 Å². The van der Waals surface area contributed by atoms with Gasteiger partial charge in [-0.15, -0.1) is 6.58 Å². The Morgan fingerprint density at radius 1 is 1.32 bits per heavy atom. The van der Waals surface area contributed by atoms with Crippen molar-refractivity contribution in [2.75, 3.05) is 6.61 Å². The third-order valence-electron chi connectivity index (χ3n) is 2.39. The molecule has 0 radical (unpaired) electrons. The van der Waals surface area contributed by atoms with Crippen molar-refractivity contribution in [3.63, 3.8) is 0 Å². The van der Waals surface area contributed by atoms with Crippen LogP contribution >= 0.6 is 11.8 Å². The van der Waals surface area contributed by atoms with Crippen molar-refractivity contribution >= 4 is 17.7 Å². The molecule has 0 atom stereocenters. The SMILES string of the molecule is C=CC/C=C(/CCC(=O)OCC)Sc1ccccc1. The van der Waals surface area contributed by atoms with E-state index in [1.165, 1.54) is 9.80 Å². The highest BCUT2D eigenvalue weighted by molar-refractivity contribution is 8.03. The summed E-state index contributed by atoms with van der Waals surface area (Å²) in [5.74, 6) is -0.138. The molecule has 3 heteroatoms. The zero-order valence-corrected chi connectivity index (χ0v) is 12.1. The molecule has 2 nitrogen and oxygen atoms in total. The molecule has 0 saturated heterocycles. The highest BCUT2D eigenvalue weighted by Crippen LogP contribution is 2.30. The molecule has 0 saturated carbocycles. The van der Waals surface area contributed by atoms with E-state index in [1.807, 2.05) is 31.2 Å². The Labute approximate surface area is 119 Å². The van der Waals surface area contributed by atoms with E-state index < -0.39 is 0 Å². The fourth-order valence-corrected chi connectivity index (χ4v) is 2.49. The summed E-state index contributed by atoms with van der Waals surface area (Å²) in [5, 5.41) is 0. The van der Waals surface area contributed by atoms with Crippen LogP contribution in [-0.4, -0.2) is 12.6 Å². The minimum atomic E-state index is -0.138. The smallest absolute Gasteiger partial charge is 0.306 e. The average Bonchev–Trinajstić information content (AvgIpc) is 2.43. The van der Waals surface area contributed by atoms with Gasteiger partial charge in [0.2, 0.25) is 0 Å². The first-order valence-corrected chi connectivity index (χ1v) is 7.26. The predicted molar refractivity (Wildman–Crippen MR) is 81.1 cm³/mol. The van der Waals surface area contributed by atoms with E-state index in [1.54, 1.807) is 11.8 Å². The third kappa shape index (κ3) is 6.87. The van der Waals surface area contributed by atoms with E-state index in [2.05, 4.69) is 24.8 Å². The Morgan fingerprint density at radius 2 is 2.05 bits per heavy atom. The Kier molecular flexibility index (Phi) is 7.75. The van der Waals surface area contributed by atoms with Gasteiger partial charge in [0.1, 0.15) is 0 Å². The van der Waals surface area contributed by atoms with Gasteiger partial charge in [-0.05, 0) is 36.8 Å². The lowest BCUT2D eigenvalue weighted by Gasteiger charge is -2.07. The molecule has 0 amide bonds. The zero-order valence-electron chi connectivity index (χ0n) is 11.3. The van der Waals surface area contributed by atoms with Crippen LogP contribution in [0.5, 0.6) is 0 Å². The van der Waals surface area contributed by atoms with Crippen molar-refractivity contribution in [2.45, 2.75) is 31.1 Å². The van der Waals surface area contributed by atoms with Crippen molar-refractivity contribution in [3.8, 4) is 0 Å². The molecule has 0 aliphatic carbocycles. The maximum Gasteiger partial charge on any atom is 0.306 e. The lowest BCUT2D eigenvalue weighted by Crippen LogP contribution is -2.03. The highest BCUT2D eigenvalue weighted by Gasteiger charge is 2.06. The van der Waals surface area contributed by atoms with E-state index in [0.29, 0.717) is 19.4 Å². The lowest BCUT2D eigenvalue weighted by molar-refractivity contribution is -0.143. The van der Waals surface area contributed by atoms with E-state index >= 15 is 0 Å². The summed E-state index contributed by atoms with van der Waals surface area (Å²) in [5.41, 5.74) is 0. The Bertz CT molecular complexity index is 424. The van der Waals surface area contributed by atoms with Gasteiger partial charge >= 0.3 is 5.97 Å². The molecular formula is C16H20O2S. The van der Waals surface area contributed by atoms with Gasteiger partial charge in [0.15, 0.2) is 0 Å². The maximum absolute atomic E-state index is 11.4. The number of thioether (sulfide) groups is 1. The molecule has 102 valence electrons. The summed E-state index contributed by atoms with van der Waals surface area (Å²) < 4.78 is 4.95. The molecule has 0 unspecified atom stereocenters. The van der Waals surface area contributed by atoms with Crippen LogP contribution in [0.2, 0.25) is 0 Å². The highest BCUT2D eigenvalue weighted by atomic mass is 32.2. The average molecular weight is 276 g/mol. The van der Waals surface area contributed by atoms with E-state index in [0.717, 1.165) is 6.42 Å². The largest absolute Gasteiger partial charge is 0.466 e. The first-order chi connectivity index (χ1) is 9.26. The van der Waals surface area contributed by atoms with Crippen LogP contribution in [0, 0.1) is 0 Å². The molecular weight excluding hydrogens is 256 g/mol. The van der Waals surface area contributed by atoms with Crippen LogP contribution in [0.4, 0.5) is 0 Å². The molecule has 1 aromatic rings. The van der Waals surface area contributed by atoms with E-state index in [9.17, 15) is 4.79 Å².